The highest BCUT2D eigenvalue weighted by Crippen LogP contribution is 2.49. The second-order valence-electron chi connectivity index (χ2n) is 8.93. The highest BCUT2D eigenvalue weighted by molar-refractivity contribution is 6.00. The van der Waals surface area contributed by atoms with E-state index in [9.17, 15) is 10.1 Å². The summed E-state index contributed by atoms with van der Waals surface area (Å²) in [7, 11) is 0. The summed E-state index contributed by atoms with van der Waals surface area (Å²) in [6, 6.07) is 10.4. The lowest BCUT2D eigenvalue weighted by Crippen LogP contribution is -2.53. The summed E-state index contributed by atoms with van der Waals surface area (Å²) in [4.78, 5) is 13.4. The Morgan fingerprint density at radius 3 is 2.45 bits per heavy atom. The Morgan fingerprint density at radius 1 is 1.17 bits per heavy atom. The molecule has 1 aromatic carbocycles. The second kappa shape index (κ2) is 7.33. The molecule has 1 atom stereocenters. The summed E-state index contributed by atoms with van der Waals surface area (Å²) in [6.07, 6.45) is 1.22. The molecule has 0 bridgehead atoms. The molecule has 2 heterocycles. The number of benzene rings is 1. The number of allylic oxidation sites excluding steroid dienone is 3. The lowest BCUT2D eigenvalue weighted by Gasteiger charge is -2.48. The van der Waals surface area contributed by atoms with Crippen molar-refractivity contribution >= 4 is 5.78 Å². The van der Waals surface area contributed by atoms with Crippen molar-refractivity contribution in [1.29, 1.82) is 5.26 Å². The normalized spacial score (nSPS) is 25.1. The Kier molecular flexibility index (Phi) is 4.97. The van der Waals surface area contributed by atoms with Gasteiger partial charge in [-0.3, -0.25) is 9.80 Å². The van der Waals surface area contributed by atoms with Gasteiger partial charge in [-0.25, -0.2) is 5.01 Å². The third-order valence-electron chi connectivity index (χ3n) is 6.04. The maximum Gasteiger partial charge on any atom is 0.162 e. The standard InChI is InChI=1S/C23H28N4O2/c1-15-4-6-16(7-5-15)20-17(14-24)22(25)27(26-8-10-29-11-9-26)18-12-23(2,3)13-19(28)21(18)20/h4-7,20H,8-13,25H2,1-3H3/t20-/m1/s1. The summed E-state index contributed by atoms with van der Waals surface area (Å²) in [5.41, 5.74) is 10.7. The van der Waals surface area contributed by atoms with Crippen molar-refractivity contribution in [3.8, 4) is 6.07 Å². The van der Waals surface area contributed by atoms with Crippen LogP contribution in [0.3, 0.4) is 0 Å². The topological polar surface area (TPSA) is 82.6 Å². The van der Waals surface area contributed by atoms with Gasteiger partial charge in [0.2, 0.25) is 0 Å². The van der Waals surface area contributed by atoms with Crippen LogP contribution >= 0.6 is 0 Å². The number of nitrogens with two attached hydrogens (primary N) is 1. The fourth-order valence-corrected chi connectivity index (χ4v) is 4.66. The van der Waals surface area contributed by atoms with E-state index >= 15 is 0 Å². The van der Waals surface area contributed by atoms with E-state index in [1.807, 2.05) is 36.2 Å². The van der Waals surface area contributed by atoms with Gasteiger partial charge in [0.25, 0.3) is 0 Å². The molecule has 4 rings (SSSR count). The summed E-state index contributed by atoms with van der Waals surface area (Å²) in [5, 5.41) is 14.1. The zero-order chi connectivity index (χ0) is 20.8. The molecule has 6 nitrogen and oxygen atoms in total. The maximum atomic E-state index is 13.4. The van der Waals surface area contributed by atoms with Gasteiger partial charge >= 0.3 is 0 Å². The minimum absolute atomic E-state index is 0.111. The van der Waals surface area contributed by atoms with E-state index in [-0.39, 0.29) is 11.2 Å². The highest BCUT2D eigenvalue weighted by Gasteiger charge is 2.45. The van der Waals surface area contributed by atoms with E-state index in [1.54, 1.807) is 0 Å². The molecule has 152 valence electrons. The Hall–Kier alpha value is -2.62. The van der Waals surface area contributed by atoms with Crippen LogP contribution in [0, 0.1) is 23.7 Å². The summed E-state index contributed by atoms with van der Waals surface area (Å²) >= 11 is 0. The number of carbonyl (C=O) groups excluding carboxylic acids is 1. The number of hydrazine groups is 1. The number of nitriles is 1. The van der Waals surface area contributed by atoms with Crippen LogP contribution in [-0.4, -0.2) is 42.1 Å². The van der Waals surface area contributed by atoms with Gasteiger partial charge in [-0.1, -0.05) is 43.7 Å². The zero-order valence-corrected chi connectivity index (χ0v) is 17.4. The molecule has 29 heavy (non-hydrogen) atoms. The lowest BCUT2D eigenvalue weighted by atomic mass is 9.69. The minimum Gasteiger partial charge on any atom is -0.383 e. The molecule has 1 saturated heterocycles. The number of ether oxygens (including phenoxy) is 1. The first kappa shape index (κ1) is 19.7. The smallest absolute Gasteiger partial charge is 0.162 e. The molecule has 3 aliphatic rings. The molecular formula is C23H28N4O2. The zero-order valence-electron chi connectivity index (χ0n) is 17.4. The minimum atomic E-state index is -0.406. The molecule has 0 amide bonds. The predicted octanol–water partition coefficient (Wildman–Crippen LogP) is 2.98. The molecule has 0 spiro atoms. The lowest BCUT2D eigenvalue weighted by molar-refractivity contribution is -0.119. The van der Waals surface area contributed by atoms with Gasteiger partial charge < -0.3 is 10.5 Å². The number of morpholine rings is 1. The van der Waals surface area contributed by atoms with Gasteiger partial charge in [0, 0.05) is 30.8 Å². The van der Waals surface area contributed by atoms with E-state index in [0.717, 1.165) is 28.8 Å². The molecule has 1 aliphatic carbocycles. The first-order chi connectivity index (χ1) is 13.8. The van der Waals surface area contributed by atoms with Gasteiger partial charge in [-0.05, 0) is 24.3 Å². The Bertz CT molecular complexity index is 931. The fourth-order valence-electron chi connectivity index (χ4n) is 4.66. The Balaban J connectivity index is 1.91. The average Bonchev–Trinajstić information content (AvgIpc) is 2.67. The first-order valence-electron chi connectivity index (χ1n) is 10.2. The monoisotopic (exact) mass is 392 g/mol. The van der Waals surface area contributed by atoms with Crippen molar-refractivity contribution < 1.29 is 9.53 Å². The van der Waals surface area contributed by atoms with E-state index in [4.69, 9.17) is 10.5 Å². The Labute approximate surface area is 172 Å². The number of carbonyl (C=O) groups is 1. The fraction of sp³-hybridized carbons (Fsp3) is 0.478. The van der Waals surface area contributed by atoms with E-state index in [0.29, 0.717) is 44.1 Å². The van der Waals surface area contributed by atoms with Crippen molar-refractivity contribution in [3.05, 3.63) is 58.1 Å². The quantitative estimate of drug-likeness (QED) is 0.833. The van der Waals surface area contributed by atoms with Crippen molar-refractivity contribution in [1.82, 2.24) is 10.0 Å². The molecule has 1 fully saturated rings. The summed E-state index contributed by atoms with van der Waals surface area (Å²) in [5.74, 6) is 0.140. The van der Waals surface area contributed by atoms with Crippen LogP contribution in [0.1, 0.15) is 43.7 Å². The van der Waals surface area contributed by atoms with Crippen LogP contribution in [0.2, 0.25) is 0 Å². The van der Waals surface area contributed by atoms with Gasteiger partial charge in [0.05, 0.1) is 30.8 Å². The number of hydrogen-bond acceptors (Lipinski definition) is 6. The summed E-state index contributed by atoms with van der Waals surface area (Å²) < 4.78 is 5.51. The van der Waals surface area contributed by atoms with Crippen molar-refractivity contribution in [2.75, 3.05) is 26.3 Å². The van der Waals surface area contributed by atoms with Crippen LogP contribution in [0.4, 0.5) is 0 Å². The number of ketones is 1. The molecule has 0 radical (unpaired) electrons. The third-order valence-corrected chi connectivity index (χ3v) is 6.04. The number of Topliss-reactive ketones (excluding diaryl/α,β-unsaturated/α-hetero) is 1. The van der Waals surface area contributed by atoms with Crippen molar-refractivity contribution in [2.45, 2.75) is 39.5 Å². The third kappa shape index (κ3) is 3.45. The van der Waals surface area contributed by atoms with E-state index < -0.39 is 5.92 Å². The van der Waals surface area contributed by atoms with Crippen LogP contribution < -0.4 is 5.73 Å². The average molecular weight is 393 g/mol. The van der Waals surface area contributed by atoms with Crippen LogP contribution in [0.5, 0.6) is 0 Å². The Morgan fingerprint density at radius 2 is 1.83 bits per heavy atom. The molecule has 2 aliphatic heterocycles. The molecular weight excluding hydrogens is 364 g/mol. The van der Waals surface area contributed by atoms with Gasteiger partial charge in [-0.15, -0.1) is 0 Å². The van der Waals surface area contributed by atoms with Gasteiger partial charge in [0.15, 0.2) is 5.78 Å². The molecule has 0 saturated carbocycles. The molecule has 0 unspecified atom stereocenters. The largest absolute Gasteiger partial charge is 0.383 e. The number of nitrogens with zero attached hydrogens (tertiary/aromatic N) is 3. The highest BCUT2D eigenvalue weighted by atomic mass is 16.5. The maximum absolute atomic E-state index is 13.4. The van der Waals surface area contributed by atoms with E-state index in [2.05, 4.69) is 24.9 Å². The van der Waals surface area contributed by atoms with Gasteiger partial charge in [0.1, 0.15) is 5.82 Å². The van der Waals surface area contributed by atoms with Crippen LogP contribution in [-0.2, 0) is 9.53 Å². The first-order valence-corrected chi connectivity index (χ1v) is 10.2. The van der Waals surface area contributed by atoms with Crippen molar-refractivity contribution in [2.24, 2.45) is 11.1 Å². The molecule has 1 aromatic rings. The number of aryl methyl sites for hydroxylation is 1. The molecule has 0 aromatic heterocycles. The molecule has 2 N–H and O–H groups in total. The van der Waals surface area contributed by atoms with Crippen LogP contribution in [0.25, 0.3) is 0 Å². The molecule has 6 heteroatoms. The van der Waals surface area contributed by atoms with Crippen molar-refractivity contribution in [3.63, 3.8) is 0 Å². The summed E-state index contributed by atoms with van der Waals surface area (Å²) in [6.45, 7) is 8.83. The second-order valence-corrected chi connectivity index (χ2v) is 8.93. The number of rotatable bonds is 2. The van der Waals surface area contributed by atoms with Gasteiger partial charge in [-0.2, -0.15) is 5.26 Å². The SMILES string of the molecule is Cc1ccc([C@@H]2C(C#N)=C(N)N(N3CCOCC3)C3=C2C(=O)CC(C)(C)C3)cc1. The predicted molar refractivity (Wildman–Crippen MR) is 110 cm³/mol. The van der Waals surface area contributed by atoms with Crippen LogP contribution in [0.15, 0.2) is 46.9 Å². The number of hydrogen-bond donors (Lipinski definition) is 1. The van der Waals surface area contributed by atoms with E-state index in [1.165, 1.54) is 0 Å².